The van der Waals surface area contributed by atoms with E-state index in [1.165, 1.54) is 32.8 Å². The third kappa shape index (κ3) is 8.67. The summed E-state index contributed by atoms with van der Waals surface area (Å²) < 4.78 is 3.85. The standard InChI is InChI=1S/C32H30N15O3S2.3Li/c1-31(2,3)21-19(40-42-29-35-15-9-7-8-10-17(15)51-29)23(33)46(44-21)26-37-27(39-28(50)38-26)47-24(34)20(22(45-47)32(4,5)6)41-43-30-36-16-12-11-14(25(48)49)13-18(16)52-30;;;/h7,9-13H,33-34H2,1-6H3,(H,48,49)(H,37,38,39,50);;;/q-1;3*+1/p-2. The number of benzene rings is 2. The summed E-state index contributed by atoms with van der Waals surface area (Å²) >= 11 is 2.48. The van der Waals surface area contributed by atoms with Crippen molar-refractivity contribution in [2.75, 3.05) is 11.5 Å². The molecule has 18 nitrogen and oxygen atoms in total. The third-order valence-corrected chi connectivity index (χ3v) is 9.29. The van der Waals surface area contributed by atoms with Gasteiger partial charge in [0.15, 0.2) is 23.0 Å². The van der Waals surface area contributed by atoms with Gasteiger partial charge in [-0.05, 0) is 23.2 Å². The number of fused-ring (bicyclic) bond motifs is 2. The minimum Gasteiger partial charge on any atom is -0.844 e. The fourth-order valence-corrected chi connectivity index (χ4v) is 6.59. The van der Waals surface area contributed by atoms with E-state index in [0.717, 1.165) is 21.6 Å². The maximum atomic E-state index is 12.9. The van der Waals surface area contributed by atoms with Crippen LogP contribution >= 0.6 is 22.7 Å². The van der Waals surface area contributed by atoms with E-state index in [-0.39, 0.29) is 102 Å². The van der Waals surface area contributed by atoms with Crippen molar-refractivity contribution in [3.63, 3.8) is 0 Å². The van der Waals surface area contributed by atoms with Crippen molar-refractivity contribution in [1.29, 1.82) is 0 Å². The van der Waals surface area contributed by atoms with Crippen molar-refractivity contribution in [1.82, 2.24) is 44.5 Å². The molecule has 264 valence electrons. The largest absolute Gasteiger partial charge is 1.00 e. The number of hydrogen-bond acceptors (Lipinski definition) is 18. The molecule has 0 fully saturated rings. The Morgan fingerprint density at radius 2 is 1.22 bits per heavy atom. The second-order valence-corrected chi connectivity index (χ2v) is 15.5. The van der Waals surface area contributed by atoms with Gasteiger partial charge in [0.05, 0.1) is 33.6 Å². The van der Waals surface area contributed by atoms with E-state index < -0.39 is 22.8 Å². The maximum absolute atomic E-state index is 12.9. The van der Waals surface area contributed by atoms with Crippen LogP contribution in [0.15, 0.2) is 56.9 Å². The van der Waals surface area contributed by atoms with E-state index in [1.54, 1.807) is 12.1 Å². The summed E-state index contributed by atoms with van der Waals surface area (Å²) in [6, 6.07) is 12.0. The number of rotatable bonds is 7. The van der Waals surface area contributed by atoms with Gasteiger partial charge in [-0.3, -0.25) is 0 Å². The average molecular weight is 756 g/mol. The Bertz CT molecular complexity index is 2570. The maximum Gasteiger partial charge on any atom is 1.00 e. The van der Waals surface area contributed by atoms with Crippen LogP contribution in [0.1, 0.15) is 63.3 Å². The van der Waals surface area contributed by atoms with Gasteiger partial charge in [-0.1, -0.05) is 63.6 Å². The number of carbonyl (C=O) groups is 1. The fraction of sp³-hybridized carbons (Fsp3) is 0.250. The molecule has 0 saturated heterocycles. The summed E-state index contributed by atoms with van der Waals surface area (Å²) in [4.78, 5) is 32.6. The van der Waals surface area contributed by atoms with Gasteiger partial charge in [0, 0.05) is 10.8 Å². The first-order valence-electron chi connectivity index (χ1n) is 15.5. The van der Waals surface area contributed by atoms with Gasteiger partial charge < -0.3 is 26.5 Å². The minimum atomic E-state index is -1.30. The van der Waals surface area contributed by atoms with E-state index in [2.05, 4.69) is 61.6 Å². The molecule has 0 amide bonds. The molecule has 0 saturated carbocycles. The molecule has 5 aromatic heterocycles. The van der Waals surface area contributed by atoms with Gasteiger partial charge in [-0.15, -0.1) is 26.5 Å². The predicted molar refractivity (Wildman–Crippen MR) is 191 cm³/mol. The molecule has 0 aliphatic rings. The van der Waals surface area contributed by atoms with Crippen molar-refractivity contribution in [2.24, 2.45) is 20.5 Å². The monoisotopic (exact) mass is 755 g/mol. The van der Waals surface area contributed by atoms with Gasteiger partial charge in [0.1, 0.15) is 0 Å². The molecule has 0 atom stereocenters. The van der Waals surface area contributed by atoms with Gasteiger partial charge >= 0.3 is 56.6 Å². The average Bonchev–Trinajstić information content (AvgIpc) is 3.84. The first-order valence-corrected chi connectivity index (χ1v) is 17.1. The van der Waals surface area contributed by atoms with Crippen LogP contribution in [0, 0.1) is 6.07 Å². The number of carboxylic acids is 1. The minimum absolute atomic E-state index is 0. The summed E-state index contributed by atoms with van der Waals surface area (Å²) in [5, 5.41) is 51.6. The number of nitrogens with zero attached hydrogens (tertiary/aromatic N) is 13. The Morgan fingerprint density at radius 3 is 1.69 bits per heavy atom. The van der Waals surface area contributed by atoms with Crippen molar-refractivity contribution in [3.8, 4) is 17.9 Å². The number of anilines is 2. The second kappa shape index (κ2) is 16.3. The number of carbonyl (C=O) groups excluding carboxylic acids is 1. The third-order valence-electron chi connectivity index (χ3n) is 7.49. The predicted octanol–water partition coefficient (Wildman–Crippen LogP) is -3.70. The van der Waals surface area contributed by atoms with Crippen molar-refractivity contribution in [3.05, 3.63) is 59.4 Å². The van der Waals surface area contributed by atoms with Crippen LogP contribution in [0.5, 0.6) is 6.01 Å². The molecule has 0 bridgehead atoms. The Labute approximate surface area is 357 Å². The molecular weight excluding hydrogens is 727 g/mol. The summed E-state index contributed by atoms with van der Waals surface area (Å²) in [7, 11) is 0. The normalized spacial score (nSPS) is 12.0. The number of carboxylic acid groups (broad SMARTS) is 1. The van der Waals surface area contributed by atoms with Crippen molar-refractivity contribution >= 4 is 82.3 Å². The van der Waals surface area contributed by atoms with Gasteiger partial charge in [0.2, 0.25) is 10.3 Å². The molecule has 4 N–H and O–H groups in total. The van der Waals surface area contributed by atoms with E-state index in [4.69, 9.17) is 11.5 Å². The number of hydrogen-bond donors (Lipinski definition) is 2. The zero-order valence-electron chi connectivity index (χ0n) is 31.5. The van der Waals surface area contributed by atoms with E-state index in [0.29, 0.717) is 26.7 Å². The topological polar surface area (TPSA) is 265 Å². The van der Waals surface area contributed by atoms with Crippen molar-refractivity contribution in [2.45, 2.75) is 52.4 Å². The van der Waals surface area contributed by atoms with Crippen LogP contribution in [-0.4, -0.2) is 50.5 Å². The number of thiazole rings is 2. The molecule has 7 aromatic rings. The smallest absolute Gasteiger partial charge is 0.844 e. The molecule has 5 heterocycles. The molecule has 0 aliphatic heterocycles. The molecule has 0 radical (unpaired) electrons. The first kappa shape index (κ1) is 43.2. The second-order valence-electron chi connectivity index (χ2n) is 13.5. The number of nitrogen functional groups attached to an aromatic ring is 2. The number of aromatic carboxylic acids is 1. The molecular formula is C32H28Li3N15O3S2. The Kier molecular flexibility index (Phi) is 12.8. The van der Waals surface area contributed by atoms with E-state index >= 15 is 0 Å². The Morgan fingerprint density at radius 1 is 0.727 bits per heavy atom. The van der Waals surface area contributed by atoms with Gasteiger partial charge in [0.25, 0.3) is 11.9 Å². The van der Waals surface area contributed by atoms with Crippen molar-refractivity contribution < 1.29 is 71.6 Å². The molecule has 2 aromatic carbocycles. The molecule has 0 unspecified atom stereocenters. The van der Waals surface area contributed by atoms with Crippen LogP contribution in [0.3, 0.4) is 0 Å². The zero-order chi connectivity index (χ0) is 37.1. The van der Waals surface area contributed by atoms with Crippen LogP contribution in [0.2, 0.25) is 0 Å². The summed E-state index contributed by atoms with van der Waals surface area (Å²) in [5.74, 6) is -1.70. The van der Waals surface area contributed by atoms with Crippen LogP contribution < -0.4 is 78.3 Å². The van der Waals surface area contributed by atoms with Crippen LogP contribution in [-0.2, 0) is 10.8 Å². The van der Waals surface area contributed by atoms with E-state index in [1.807, 2.05) is 53.7 Å². The molecule has 0 aliphatic carbocycles. The Balaban J connectivity index is 0.00000224. The van der Waals surface area contributed by atoms with Gasteiger partial charge in [-0.2, -0.15) is 54.1 Å². The molecule has 23 heteroatoms. The quantitative estimate of drug-likeness (QED) is 0.0905. The summed E-state index contributed by atoms with van der Waals surface area (Å²) in [5.41, 5.74) is 14.7. The summed E-state index contributed by atoms with van der Waals surface area (Å²) in [6.07, 6.45) is 0. The fourth-order valence-electron chi connectivity index (χ4n) is 5.00. The molecule has 55 heavy (non-hydrogen) atoms. The summed E-state index contributed by atoms with van der Waals surface area (Å²) in [6.45, 7) is 11.5. The van der Waals surface area contributed by atoms with E-state index in [9.17, 15) is 15.0 Å². The number of azo groups is 2. The number of aromatic nitrogens is 9. The van der Waals surface area contributed by atoms with Gasteiger partial charge in [-0.25, -0.2) is 19.9 Å². The number of nitrogens with two attached hydrogens (primary N) is 2. The molecule has 0 spiro atoms. The van der Waals surface area contributed by atoms with Crippen LogP contribution in [0.4, 0.5) is 33.3 Å². The van der Waals surface area contributed by atoms with Crippen LogP contribution in [0.25, 0.3) is 32.3 Å². The SMILES string of the molecule is CC(C)(C)c1nn(-c2nc([O-])nc(-n3nc(C(C)(C)C)c(N=Nc4nc5ccc(C(=O)[O-])cc5s4)c3N)n2)c(N)c1N=Nc1nc2cc[c-]cc2s1.[Li+].[Li+].[Li+]. The zero-order valence-corrected chi connectivity index (χ0v) is 33.1. The Hall–Kier alpha value is -4.49. The first-order chi connectivity index (χ1) is 24.6. The molecule has 7 rings (SSSR count).